The molecular formula is C54H75BBr2N2O2. The molecule has 0 heterocycles. The molecule has 5 aromatic carbocycles. The molecule has 0 amide bonds. The Morgan fingerprint density at radius 1 is 0.328 bits per heavy atom. The summed E-state index contributed by atoms with van der Waals surface area (Å²) in [7, 11) is -1.40. The molecule has 4 nitrogen and oxygen atoms in total. The molecule has 5 rings (SSSR count). The molecule has 0 aromatic heterocycles. The molecule has 0 unspecified atom stereocenters. The average Bonchev–Trinajstić information content (AvgIpc) is 3.08. The van der Waals surface area contributed by atoms with E-state index in [0.717, 1.165) is 31.4 Å². The van der Waals surface area contributed by atoms with Crippen LogP contribution < -0.4 is 16.9 Å². The van der Waals surface area contributed by atoms with Gasteiger partial charge in [-0.15, -0.1) is 0 Å². The zero-order valence-electron chi connectivity index (χ0n) is 40.5. The summed E-state index contributed by atoms with van der Waals surface area (Å²) in [5, 5.41) is 18.7. The van der Waals surface area contributed by atoms with Crippen LogP contribution in [-0.2, 0) is 32.5 Å². The molecule has 0 fully saturated rings. The lowest BCUT2D eigenvalue weighted by atomic mass is 9.72. The Hall–Kier alpha value is -3.36. The summed E-state index contributed by atoms with van der Waals surface area (Å²) in [6.45, 7) is 40.2. The Bertz CT molecular complexity index is 2050. The van der Waals surface area contributed by atoms with E-state index in [1.165, 1.54) is 44.5 Å². The van der Waals surface area contributed by atoms with Crippen molar-refractivity contribution in [3.05, 3.63) is 133 Å². The normalized spacial score (nSPS) is 12.6. The van der Waals surface area contributed by atoms with Gasteiger partial charge in [0.15, 0.2) is 0 Å². The average molecular weight is 955 g/mol. The van der Waals surface area contributed by atoms with Crippen molar-refractivity contribution in [3.63, 3.8) is 0 Å². The molecule has 0 radical (unpaired) electrons. The molecule has 6 N–H and O–H groups in total. The fraction of sp³-hybridized carbons (Fsp3) is 0.444. The van der Waals surface area contributed by atoms with Crippen LogP contribution in [-0.4, -0.2) is 17.2 Å². The van der Waals surface area contributed by atoms with Gasteiger partial charge >= 0.3 is 7.12 Å². The summed E-state index contributed by atoms with van der Waals surface area (Å²) in [6, 6.07) is 32.3. The zero-order chi connectivity index (χ0) is 46.8. The number of benzene rings is 5. The van der Waals surface area contributed by atoms with Crippen LogP contribution >= 0.6 is 31.9 Å². The third kappa shape index (κ3) is 15.4. The van der Waals surface area contributed by atoms with E-state index in [9.17, 15) is 10.0 Å². The fourth-order valence-electron chi connectivity index (χ4n) is 6.55. The first-order valence-corrected chi connectivity index (χ1v) is 23.0. The van der Waals surface area contributed by atoms with E-state index < -0.39 is 7.12 Å². The zero-order valence-corrected chi connectivity index (χ0v) is 43.7. The topological polar surface area (TPSA) is 92.5 Å². The van der Waals surface area contributed by atoms with Crippen molar-refractivity contribution in [2.75, 3.05) is 11.5 Å². The van der Waals surface area contributed by atoms with Gasteiger partial charge in [0.1, 0.15) is 0 Å². The third-order valence-electron chi connectivity index (χ3n) is 10.8. The van der Waals surface area contributed by atoms with Gasteiger partial charge in [-0.3, -0.25) is 0 Å². The quantitative estimate of drug-likeness (QED) is 0.107. The molecule has 7 heteroatoms. The molecule has 5 aromatic rings. The van der Waals surface area contributed by atoms with Gasteiger partial charge in [-0.2, -0.15) is 0 Å². The molecule has 0 saturated heterocycles. The van der Waals surface area contributed by atoms with Gasteiger partial charge in [-0.05, 0) is 130 Å². The molecule has 61 heavy (non-hydrogen) atoms. The van der Waals surface area contributed by atoms with Gasteiger partial charge in [-0.25, -0.2) is 0 Å². The standard InChI is InChI=1S/C34H47N.C14H23BO2.C6H5Br2N/c1-31(2,3)26-14-24(15-27(20-26)32(4,5)6)22-13-23(19-30(35)18-22)25-16-28(33(7,8)9)21-29(17-25)34(10,11)12;1-13(2,3)10-7-11(14(4,5)6)9-12(8-10)15(16)17;7-4-1-5(8)3-6(9)2-4/h13-21H,35H2,1-12H3;7-9,16-17H,1-6H3;1-3H,9H2. The number of anilines is 2. The van der Waals surface area contributed by atoms with Crippen LogP contribution in [0, 0.1) is 0 Å². The number of rotatable bonds is 3. The summed E-state index contributed by atoms with van der Waals surface area (Å²) in [4.78, 5) is 0. The number of hydrogen-bond acceptors (Lipinski definition) is 4. The van der Waals surface area contributed by atoms with E-state index in [0.29, 0.717) is 5.46 Å². The second-order valence-corrected chi connectivity index (χ2v) is 24.7. The molecule has 0 atom stereocenters. The minimum absolute atomic E-state index is 0.00486. The lowest BCUT2D eigenvalue weighted by Gasteiger charge is -2.27. The SMILES string of the molecule is CC(C)(C)c1cc(-c2cc(N)cc(-c3cc(C(C)(C)C)cc(C(C)(C)C)c3)c2)cc(C(C)(C)C)c1.CC(C)(C)c1cc(B(O)O)cc(C(C)(C)C)c1.Nc1cc(Br)cc(Br)c1. The van der Waals surface area contributed by atoms with Crippen molar-refractivity contribution in [1.82, 2.24) is 0 Å². The van der Waals surface area contributed by atoms with E-state index >= 15 is 0 Å². The molecule has 0 bridgehead atoms. The maximum absolute atomic E-state index is 9.36. The molecule has 0 saturated carbocycles. The predicted molar refractivity (Wildman–Crippen MR) is 276 cm³/mol. The Kier molecular flexibility index (Phi) is 16.3. The molecular weight excluding hydrogens is 879 g/mol. The highest BCUT2D eigenvalue weighted by Crippen LogP contribution is 2.39. The second-order valence-electron chi connectivity index (χ2n) is 22.9. The maximum atomic E-state index is 9.36. The van der Waals surface area contributed by atoms with Gasteiger partial charge in [-0.1, -0.05) is 211 Å². The molecule has 0 spiro atoms. The van der Waals surface area contributed by atoms with Crippen LogP contribution in [0.25, 0.3) is 22.3 Å². The van der Waals surface area contributed by atoms with Gasteiger partial charge < -0.3 is 21.5 Å². The summed E-state index contributed by atoms with van der Waals surface area (Å²) in [5.41, 5.74) is 27.0. The van der Waals surface area contributed by atoms with E-state index in [2.05, 4.69) is 217 Å². The highest BCUT2D eigenvalue weighted by Gasteiger charge is 2.25. The van der Waals surface area contributed by atoms with Gasteiger partial charge in [0, 0.05) is 20.3 Å². The molecule has 0 aliphatic heterocycles. The van der Waals surface area contributed by atoms with E-state index in [1.54, 1.807) is 0 Å². The third-order valence-corrected chi connectivity index (χ3v) is 11.7. The van der Waals surface area contributed by atoms with Crippen molar-refractivity contribution in [1.29, 1.82) is 0 Å². The fourth-order valence-corrected chi connectivity index (χ4v) is 7.88. The Balaban J connectivity index is 0.000000312. The van der Waals surface area contributed by atoms with E-state index in [1.807, 2.05) is 30.3 Å². The van der Waals surface area contributed by atoms with Crippen LogP contribution in [0.2, 0.25) is 0 Å². The summed E-state index contributed by atoms with van der Waals surface area (Å²) < 4.78 is 1.99. The summed E-state index contributed by atoms with van der Waals surface area (Å²) in [6.07, 6.45) is 0. The smallest absolute Gasteiger partial charge is 0.423 e. The predicted octanol–water partition coefficient (Wildman–Crippen LogP) is 14.5. The van der Waals surface area contributed by atoms with Crippen LogP contribution in [0.1, 0.15) is 158 Å². The van der Waals surface area contributed by atoms with Crippen LogP contribution in [0.15, 0.2) is 99.9 Å². The number of nitrogen functional groups attached to an aromatic ring is 2. The van der Waals surface area contributed by atoms with E-state index in [-0.39, 0.29) is 32.5 Å². The number of nitrogens with two attached hydrogens (primary N) is 2. The maximum Gasteiger partial charge on any atom is 0.488 e. The van der Waals surface area contributed by atoms with Crippen molar-refractivity contribution in [2.45, 2.75) is 157 Å². The lowest BCUT2D eigenvalue weighted by molar-refractivity contribution is 0.425. The Morgan fingerprint density at radius 2 is 0.557 bits per heavy atom. The summed E-state index contributed by atoms with van der Waals surface area (Å²) in [5.74, 6) is 0. The Morgan fingerprint density at radius 3 is 0.787 bits per heavy atom. The highest BCUT2D eigenvalue weighted by molar-refractivity contribution is 9.11. The van der Waals surface area contributed by atoms with Crippen molar-refractivity contribution in [2.24, 2.45) is 0 Å². The number of halogens is 2. The largest absolute Gasteiger partial charge is 0.488 e. The van der Waals surface area contributed by atoms with E-state index in [4.69, 9.17) is 11.5 Å². The van der Waals surface area contributed by atoms with Crippen LogP contribution in [0.4, 0.5) is 11.4 Å². The minimum atomic E-state index is -1.40. The number of hydrogen-bond donors (Lipinski definition) is 4. The van der Waals surface area contributed by atoms with Crippen LogP contribution in [0.5, 0.6) is 0 Å². The van der Waals surface area contributed by atoms with Crippen molar-refractivity contribution < 1.29 is 10.0 Å². The summed E-state index contributed by atoms with van der Waals surface area (Å²) >= 11 is 6.61. The van der Waals surface area contributed by atoms with Crippen molar-refractivity contribution >= 4 is 55.8 Å². The monoisotopic (exact) mass is 952 g/mol. The molecule has 0 aliphatic rings. The first kappa shape index (κ1) is 52.0. The second kappa shape index (κ2) is 19.2. The first-order valence-electron chi connectivity index (χ1n) is 21.4. The van der Waals surface area contributed by atoms with Gasteiger partial charge in [0.05, 0.1) is 0 Å². The van der Waals surface area contributed by atoms with Crippen molar-refractivity contribution in [3.8, 4) is 22.3 Å². The lowest BCUT2D eigenvalue weighted by Crippen LogP contribution is -2.33. The van der Waals surface area contributed by atoms with Crippen LogP contribution in [0.3, 0.4) is 0 Å². The molecule has 330 valence electrons. The van der Waals surface area contributed by atoms with Gasteiger partial charge in [0.25, 0.3) is 0 Å². The van der Waals surface area contributed by atoms with Gasteiger partial charge in [0.2, 0.25) is 0 Å². The highest BCUT2D eigenvalue weighted by atomic mass is 79.9. The minimum Gasteiger partial charge on any atom is -0.423 e. The Labute approximate surface area is 387 Å². The molecule has 0 aliphatic carbocycles. The first-order chi connectivity index (χ1) is 27.4.